The fraction of sp³-hybridized carbons (Fsp3) is 0.0556. The van der Waals surface area contributed by atoms with Crippen molar-refractivity contribution in [2.24, 2.45) is 0 Å². The zero-order valence-corrected chi connectivity index (χ0v) is 14.2. The molecule has 0 amide bonds. The van der Waals surface area contributed by atoms with Gasteiger partial charge in [-0.2, -0.15) is 4.57 Å². The highest BCUT2D eigenvalue weighted by Gasteiger charge is 2.26. The first-order valence-electron chi connectivity index (χ1n) is 7.52. The molecule has 1 aromatic heterocycles. The molecule has 132 valence electrons. The summed E-state index contributed by atoms with van der Waals surface area (Å²) in [5, 5.41) is 22.2. The van der Waals surface area contributed by atoms with Gasteiger partial charge in [0.1, 0.15) is 6.07 Å². The first-order chi connectivity index (χ1) is 12.0. The Morgan fingerprint density at radius 2 is 1.54 bits per heavy atom. The molecule has 0 bridgehead atoms. The van der Waals surface area contributed by atoms with Gasteiger partial charge in [0, 0.05) is 30.2 Å². The van der Waals surface area contributed by atoms with E-state index < -0.39 is 9.85 Å². The van der Waals surface area contributed by atoms with Crippen LogP contribution in [0.15, 0.2) is 73.1 Å². The maximum atomic E-state index is 11.3. The Hall–Kier alpha value is -3.32. The Labute approximate surface area is 155 Å². The third-order valence-corrected chi connectivity index (χ3v) is 3.76. The molecule has 8 heteroatoms. The third kappa shape index (κ3) is 4.20. The molecule has 0 aliphatic heterocycles. The van der Waals surface area contributed by atoms with Crippen LogP contribution in [0.25, 0.3) is 5.69 Å². The second-order valence-corrected chi connectivity index (χ2v) is 5.47. The lowest BCUT2D eigenvalue weighted by atomic mass is 10.1. The van der Waals surface area contributed by atoms with Crippen LogP contribution in [0, 0.1) is 20.2 Å². The molecule has 0 radical (unpaired) electrons. The Morgan fingerprint density at radius 1 is 0.846 bits per heavy atom. The Morgan fingerprint density at radius 3 is 2.19 bits per heavy atom. The van der Waals surface area contributed by atoms with Gasteiger partial charge in [-0.25, -0.2) is 0 Å². The van der Waals surface area contributed by atoms with Gasteiger partial charge >= 0.3 is 5.69 Å². The summed E-state index contributed by atoms with van der Waals surface area (Å²) >= 11 is 0. The number of nitro benzene ring substituents is 2. The SMILES string of the molecule is O=[N+]([O-])c1ccc(-[n+]2cccc(Cc3ccccc3)c2)c([N+](=O)[O-])c1.[Cl-]. The molecule has 3 aromatic rings. The minimum Gasteiger partial charge on any atom is -1.00 e. The summed E-state index contributed by atoms with van der Waals surface area (Å²) in [6, 6.07) is 17.2. The van der Waals surface area contributed by atoms with E-state index in [2.05, 4.69) is 0 Å². The van der Waals surface area contributed by atoms with Crippen LogP contribution in [-0.2, 0) is 6.42 Å². The lowest BCUT2D eigenvalue weighted by Gasteiger charge is -2.02. The van der Waals surface area contributed by atoms with E-state index >= 15 is 0 Å². The van der Waals surface area contributed by atoms with Crippen LogP contribution < -0.4 is 17.0 Å². The fourth-order valence-corrected chi connectivity index (χ4v) is 2.60. The van der Waals surface area contributed by atoms with E-state index in [0.29, 0.717) is 6.42 Å². The molecule has 3 rings (SSSR count). The van der Waals surface area contributed by atoms with Crippen molar-refractivity contribution >= 4 is 11.4 Å². The van der Waals surface area contributed by atoms with E-state index in [0.717, 1.165) is 17.2 Å². The zero-order chi connectivity index (χ0) is 17.8. The predicted octanol–water partition coefficient (Wildman–Crippen LogP) is 0.375. The highest BCUT2D eigenvalue weighted by Crippen LogP contribution is 2.24. The van der Waals surface area contributed by atoms with Crippen LogP contribution in [0.2, 0.25) is 0 Å². The number of hydrogen-bond acceptors (Lipinski definition) is 4. The molecule has 26 heavy (non-hydrogen) atoms. The van der Waals surface area contributed by atoms with E-state index in [1.807, 2.05) is 36.4 Å². The van der Waals surface area contributed by atoms with Crippen LogP contribution >= 0.6 is 0 Å². The van der Waals surface area contributed by atoms with Crippen molar-refractivity contribution in [3.63, 3.8) is 0 Å². The normalized spacial score (nSPS) is 10.0. The number of hydrogen-bond donors (Lipinski definition) is 0. The summed E-state index contributed by atoms with van der Waals surface area (Å²) < 4.78 is 1.61. The first kappa shape index (κ1) is 19.0. The largest absolute Gasteiger partial charge is 1.00 e. The van der Waals surface area contributed by atoms with Crippen LogP contribution in [0.1, 0.15) is 11.1 Å². The Balaban J connectivity index is 0.00000243. The number of halogens is 1. The summed E-state index contributed by atoms with van der Waals surface area (Å²) in [6.45, 7) is 0. The summed E-state index contributed by atoms with van der Waals surface area (Å²) in [5.74, 6) is 0. The van der Waals surface area contributed by atoms with Crippen molar-refractivity contribution in [3.05, 3.63) is 104 Å². The standard InChI is InChI=1S/C18H14N3O4.ClH/c22-20(23)16-8-9-17(18(12-16)21(24)25)19-10-4-7-15(13-19)11-14-5-2-1-3-6-14;/h1-10,12-13H,11H2;1H/q+1;/p-1. The lowest BCUT2D eigenvalue weighted by molar-refractivity contribution is -0.601. The van der Waals surface area contributed by atoms with E-state index in [4.69, 9.17) is 0 Å². The lowest BCUT2D eigenvalue weighted by Crippen LogP contribution is -3.00. The number of nitro groups is 2. The summed E-state index contributed by atoms with van der Waals surface area (Å²) in [7, 11) is 0. The Kier molecular flexibility index (Phi) is 5.98. The van der Waals surface area contributed by atoms with E-state index in [-0.39, 0.29) is 29.5 Å². The fourth-order valence-electron chi connectivity index (χ4n) is 2.60. The molecule has 0 unspecified atom stereocenters. The third-order valence-electron chi connectivity index (χ3n) is 3.76. The summed E-state index contributed by atoms with van der Waals surface area (Å²) in [4.78, 5) is 20.9. The van der Waals surface area contributed by atoms with Crippen molar-refractivity contribution in [1.29, 1.82) is 0 Å². The minimum atomic E-state index is -0.646. The van der Waals surface area contributed by atoms with Crippen molar-refractivity contribution in [3.8, 4) is 5.69 Å². The number of benzene rings is 2. The van der Waals surface area contributed by atoms with Gasteiger partial charge in [0.05, 0.1) is 9.85 Å². The average Bonchev–Trinajstić information content (AvgIpc) is 2.62. The molecule has 0 spiro atoms. The van der Waals surface area contributed by atoms with E-state index in [9.17, 15) is 20.2 Å². The first-order valence-corrected chi connectivity index (χ1v) is 7.52. The quantitative estimate of drug-likeness (QED) is 0.368. The molecule has 0 aliphatic rings. The molecule has 0 saturated carbocycles. The van der Waals surface area contributed by atoms with Crippen molar-refractivity contribution in [2.45, 2.75) is 6.42 Å². The number of non-ortho nitro benzene ring substituents is 1. The molecular formula is C18H14ClN3O4. The van der Waals surface area contributed by atoms with E-state index in [1.165, 1.54) is 12.1 Å². The van der Waals surface area contributed by atoms with Crippen molar-refractivity contribution in [2.75, 3.05) is 0 Å². The van der Waals surface area contributed by atoms with Gasteiger partial charge < -0.3 is 12.4 Å². The number of nitrogens with zero attached hydrogens (tertiary/aromatic N) is 3. The highest BCUT2D eigenvalue weighted by molar-refractivity contribution is 5.53. The zero-order valence-electron chi connectivity index (χ0n) is 13.5. The highest BCUT2D eigenvalue weighted by atomic mass is 35.5. The molecule has 7 nitrogen and oxygen atoms in total. The molecule has 0 saturated heterocycles. The van der Waals surface area contributed by atoms with Crippen LogP contribution in [-0.4, -0.2) is 9.85 Å². The van der Waals surface area contributed by atoms with Gasteiger partial charge in [0.25, 0.3) is 11.4 Å². The molecular weight excluding hydrogens is 358 g/mol. The van der Waals surface area contributed by atoms with Crippen LogP contribution in [0.3, 0.4) is 0 Å². The molecule has 0 N–H and O–H groups in total. The topological polar surface area (TPSA) is 90.2 Å². The molecule has 0 atom stereocenters. The smallest absolute Gasteiger partial charge is 0.347 e. The molecule has 1 heterocycles. The number of aromatic nitrogens is 1. The summed E-state index contributed by atoms with van der Waals surface area (Å²) in [5.41, 5.74) is 1.76. The average molecular weight is 372 g/mol. The second kappa shape index (κ2) is 8.17. The van der Waals surface area contributed by atoms with Gasteiger partial charge in [-0.1, -0.05) is 30.3 Å². The second-order valence-electron chi connectivity index (χ2n) is 5.47. The van der Waals surface area contributed by atoms with Gasteiger partial charge in [-0.3, -0.25) is 20.2 Å². The maximum absolute atomic E-state index is 11.3. The van der Waals surface area contributed by atoms with E-state index in [1.54, 1.807) is 23.0 Å². The van der Waals surface area contributed by atoms with Gasteiger partial charge in [-0.15, -0.1) is 0 Å². The van der Waals surface area contributed by atoms with Gasteiger partial charge in [-0.05, 0) is 11.6 Å². The number of pyridine rings is 1. The predicted molar refractivity (Wildman–Crippen MR) is 90.5 cm³/mol. The van der Waals surface area contributed by atoms with Gasteiger partial charge in [0.15, 0.2) is 12.4 Å². The minimum absolute atomic E-state index is 0. The molecule has 0 aliphatic carbocycles. The number of rotatable bonds is 5. The van der Waals surface area contributed by atoms with Gasteiger partial charge in [0.2, 0.25) is 0 Å². The van der Waals surface area contributed by atoms with Crippen LogP contribution in [0.5, 0.6) is 0 Å². The summed E-state index contributed by atoms with van der Waals surface area (Å²) in [6.07, 6.45) is 4.16. The van der Waals surface area contributed by atoms with Crippen molar-refractivity contribution in [1.82, 2.24) is 0 Å². The maximum Gasteiger partial charge on any atom is 0.347 e. The monoisotopic (exact) mass is 371 g/mol. The molecule has 2 aromatic carbocycles. The van der Waals surface area contributed by atoms with Crippen LogP contribution in [0.4, 0.5) is 11.4 Å². The van der Waals surface area contributed by atoms with Crippen molar-refractivity contribution < 1.29 is 26.8 Å². The molecule has 0 fully saturated rings. The Bertz CT molecular complexity index is 948.